The maximum absolute atomic E-state index is 10.8. The van der Waals surface area contributed by atoms with Gasteiger partial charge in [-0.25, -0.2) is 4.98 Å². The summed E-state index contributed by atoms with van der Waals surface area (Å²) in [5, 5.41) is 20.2. The van der Waals surface area contributed by atoms with Gasteiger partial charge in [0.15, 0.2) is 0 Å². The second kappa shape index (κ2) is 4.75. The van der Waals surface area contributed by atoms with Crippen molar-refractivity contribution in [2.75, 3.05) is 0 Å². The molecule has 0 aliphatic heterocycles. The smallest absolute Gasteiger partial charge is 0.270 e. The summed E-state index contributed by atoms with van der Waals surface area (Å²) in [5.74, 6) is 0.577. The van der Waals surface area contributed by atoms with E-state index in [2.05, 4.69) is 4.98 Å². The third-order valence-electron chi connectivity index (χ3n) is 3.09. The van der Waals surface area contributed by atoms with E-state index < -0.39 is 4.92 Å². The zero-order valence-corrected chi connectivity index (χ0v) is 10.4. The van der Waals surface area contributed by atoms with E-state index in [4.69, 9.17) is 0 Å². The lowest BCUT2D eigenvalue weighted by Crippen LogP contribution is -1.91. The Kier molecular flexibility index (Phi) is 2.92. The Morgan fingerprint density at radius 3 is 2.85 bits per heavy atom. The lowest BCUT2D eigenvalue weighted by Gasteiger charge is -2.01. The minimum absolute atomic E-state index is 0.0146. The Morgan fingerprint density at radius 1 is 1.25 bits per heavy atom. The van der Waals surface area contributed by atoms with E-state index in [1.807, 2.05) is 28.8 Å². The zero-order valence-electron chi connectivity index (χ0n) is 10.4. The monoisotopic (exact) mass is 269 g/mol. The number of nitro groups is 1. The average Bonchev–Trinajstić information content (AvgIpc) is 2.86. The zero-order chi connectivity index (χ0) is 14.1. The number of nitrogens with zero attached hydrogens (tertiary/aromatic N) is 3. The minimum Gasteiger partial charge on any atom is -0.390 e. The predicted octanol–water partition coefficient (Wildman–Crippen LogP) is 2.40. The molecule has 6 heteroatoms. The number of fused-ring (bicyclic) bond motifs is 1. The number of aromatic nitrogens is 2. The lowest BCUT2D eigenvalue weighted by atomic mass is 10.2. The molecular weight excluding hydrogens is 258 g/mol. The molecule has 0 fully saturated rings. The Hall–Kier alpha value is -2.73. The van der Waals surface area contributed by atoms with E-state index >= 15 is 0 Å². The summed E-state index contributed by atoms with van der Waals surface area (Å²) < 4.78 is 1.81. The number of hydrogen-bond acceptors (Lipinski definition) is 4. The van der Waals surface area contributed by atoms with Gasteiger partial charge in [-0.05, 0) is 12.1 Å². The van der Waals surface area contributed by atoms with Gasteiger partial charge >= 0.3 is 0 Å². The van der Waals surface area contributed by atoms with Gasteiger partial charge in [-0.15, -0.1) is 0 Å². The van der Waals surface area contributed by atoms with Crippen LogP contribution >= 0.6 is 0 Å². The van der Waals surface area contributed by atoms with Crippen molar-refractivity contribution in [3.63, 3.8) is 0 Å². The molecule has 2 aromatic heterocycles. The van der Waals surface area contributed by atoms with Gasteiger partial charge < -0.3 is 5.11 Å². The molecule has 3 rings (SSSR count). The molecule has 1 aromatic carbocycles. The topological polar surface area (TPSA) is 80.7 Å². The highest BCUT2D eigenvalue weighted by Crippen LogP contribution is 2.25. The van der Waals surface area contributed by atoms with Crippen LogP contribution in [-0.4, -0.2) is 19.4 Å². The molecule has 100 valence electrons. The van der Waals surface area contributed by atoms with Crippen LogP contribution in [0, 0.1) is 10.1 Å². The van der Waals surface area contributed by atoms with Crippen LogP contribution in [0.25, 0.3) is 16.9 Å². The van der Waals surface area contributed by atoms with Gasteiger partial charge in [0.2, 0.25) is 0 Å². The molecule has 0 spiro atoms. The standard InChI is InChI=1S/C14H11N3O3/c18-9-12-13-6-1-2-7-16(13)14(15-12)10-4-3-5-11(8-10)17(19)20/h1-8,18H,9H2. The first-order valence-electron chi connectivity index (χ1n) is 6.02. The van der Waals surface area contributed by atoms with E-state index in [0.29, 0.717) is 17.1 Å². The highest BCUT2D eigenvalue weighted by molar-refractivity contribution is 5.67. The maximum atomic E-state index is 10.8. The number of rotatable bonds is 3. The van der Waals surface area contributed by atoms with E-state index in [1.165, 1.54) is 12.1 Å². The highest BCUT2D eigenvalue weighted by atomic mass is 16.6. The SMILES string of the molecule is O=[N+]([O-])c1cccc(-c2nc(CO)c3ccccn23)c1. The molecule has 0 amide bonds. The second-order valence-electron chi connectivity index (χ2n) is 4.30. The molecule has 0 atom stereocenters. The van der Waals surface area contributed by atoms with Gasteiger partial charge in [-0.3, -0.25) is 14.5 Å². The molecule has 20 heavy (non-hydrogen) atoms. The van der Waals surface area contributed by atoms with Crippen molar-refractivity contribution in [1.29, 1.82) is 0 Å². The van der Waals surface area contributed by atoms with Crippen LogP contribution in [0.4, 0.5) is 5.69 Å². The second-order valence-corrected chi connectivity index (χ2v) is 4.30. The number of imidazole rings is 1. The van der Waals surface area contributed by atoms with Gasteiger partial charge in [0.25, 0.3) is 5.69 Å². The van der Waals surface area contributed by atoms with Gasteiger partial charge in [-0.2, -0.15) is 0 Å². The van der Waals surface area contributed by atoms with Crippen LogP contribution in [0.3, 0.4) is 0 Å². The predicted molar refractivity (Wildman–Crippen MR) is 73.2 cm³/mol. The molecule has 0 aliphatic rings. The van der Waals surface area contributed by atoms with Crippen LogP contribution in [0.15, 0.2) is 48.7 Å². The molecule has 3 aromatic rings. The fourth-order valence-electron chi connectivity index (χ4n) is 2.18. The van der Waals surface area contributed by atoms with Crippen molar-refractivity contribution < 1.29 is 10.0 Å². The van der Waals surface area contributed by atoms with Gasteiger partial charge in [0.05, 0.1) is 22.7 Å². The molecule has 1 N–H and O–H groups in total. The summed E-state index contributed by atoms with van der Waals surface area (Å²) in [4.78, 5) is 14.8. The molecule has 2 heterocycles. The first-order valence-corrected chi connectivity index (χ1v) is 6.02. The number of pyridine rings is 1. The quantitative estimate of drug-likeness (QED) is 0.584. The summed E-state index contributed by atoms with van der Waals surface area (Å²) in [6.07, 6.45) is 1.82. The first kappa shape index (κ1) is 12.3. The summed E-state index contributed by atoms with van der Waals surface area (Å²) in [5.41, 5.74) is 1.99. The van der Waals surface area contributed by atoms with Gasteiger partial charge in [-0.1, -0.05) is 18.2 Å². The van der Waals surface area contributed by atoms with Crippen LogP contribution < -0.4 is 0 Å². The number of nitro benzene ring substituents is 1. The molecule has 0 aliphatic carbocycles. The van der Waals surface area contributed by atoms with Crippen molar-refractivity contribution in [1.82, 2.24) is 9.38 Å². The summed E-state index contributed by atoms with van der Waals surface area (Å²) in [6, 6.07) is 11.8. The van der Waals surface area contributed by atoms with E-state index in [-0.39, 0.29) is 12.3 Å². The molecule has 0 saturated heterocycles. The third kappa shape index (κ3) is 1.92. The number of aliphatic hydroxyl groups is 1. The van der Waals surface area contributed by atoms with Crippen LogP contribution in [0.1, 0.15) is 5.69 Å². The number of aliphatic hydroxyl groups excluding tert-OH is 1. The van der Waals surface area contributed by atoms with Crippen molar-refractivity contribution >= 4 is 11.2 Å². The number of benzene rings is 1. The molecule has 0 radical (unpaired) electrons. The highest BCUT2D eigenvalue weighted by Gasteiger charge is 2.14. The average molecular weight is 269 g/mol. The fraction of sp³-hybridized carbons (Fsp3) is 0.0714. The van der Waals surface area contributed by atoms with Crippen molar-refractivity contribution in [2.24, 2.45) is 0 Å². The number of non-ortho nitro benzene ring substituents is 1. The summed E-state index contributed by atoms with van der Waals surface area (Å²) >= 11 is 0. The Bertz CT molecular complexity index is 795. The van der Waals surface area contributed by atoms with Crippen molar-refractivity contribution in [3.05, 3.63) is 64.5 Å². The van der Waals surface area contributed by atoms with E-state index in [0.717, 1.165) is 5.52 Å². The van der Waals surface area contributed by atoms with Gasteiger partial charge in [0, 0.05) is 23.9 Å². The Labute approximate surface area is 114 Å². The first-order chi connectivity index (χ1) is 9.70. The molecule has 0 unspecified atom stereocenters. The van der Waals surface area contributed by atoms with Crippen molar-refractivity contribution in [2.45, 2.75) is 6.61 Å². The fourth-order valence-corrected chi connectivity index (χ4v) is 2.18. The largest absolute Gasteiger partial charge is 0.390 e. The Morgan fingerprint density at radius 2 is 2.10 bits per heavy atom. The van der Waals surface area contributed by atoms with Crippen molar-refractivity contribution in [3.8, 4) is 11.4 Å². The maximum Gasteiger partial charge on any atom is 0.270 e. The third-order valence-corrected chi connectivity index (χ3v) is 3.09. The van der Waals surface area contributed by atoms with Crippen LogP contribution in [0.2, 0.25) is 0 Å². The normalized spacial score (nSPS) is 10.8. The van der Waals surface area contributed by atoms with E-state index in [9.17, 15) is 15.2 Å². The molecule has 6 nitrogen and oxygen atoms in total. The summed E-state index contributed by atoms with van der Waals surface area (Å²) in [6.45, 7) is -0.178. The minimum atomic E-state index is -0.438. The molecule has 0 bridgehead atoms. The number of hydrogen-bond donors (Lipinski definition) is 1. The molecular formula is C14H11N3O3. The van der Waals surface area contributed by atoms with Crippen LogP contribution in [0.5, 0.6) is 0 Å². The lowest BCUT2D eigenvalue weighted by molar-refractivity contribution is -0.384. The molecule has 0 saturated carbocycles. The van der Waals surface area contributed by atoms with Gasteiger partial charge in [0.1, 0.15) is 5.82 Å². The van der Waals surface area contributed by atoms with E-state index in [1.54, 1.807) is 12.1 Å². The Balaban J connectivity index is 2.24. The van der Waals surface area contributed by atoms with Crippen LogP contribution in [-0.2, 0) is 6.61 Å². The summed E-state index contributed by atoms with van der Waals surface area (Å²) in [7, 11) is 0.